The maximum atomic E-state index is 7.39. The SMILES string of the molecule is Cl.Cl.N=C(N)/C(=N\N=C(N)N)c1cccc(Cl)c1Cl. The van der Waals surface area contributed by atoms with E-state index in [-0.39, 0.29) is 47.3 Å². The van der Waals surface area contributed by atoms with Crippen molar-refractivity contribution in [3.05, 3.63) is 33.8 Å². The molecule has 0 heterocycles. The van der Waals surface area contributed by atoms with Gasteiger partial charge in [0.1, 0.15) is 11.5 Å². The van der Waals surface area contributed by atoms with Gasteiger partial charge in [0.25, 0.3) is 0 Å². The standard InChI is InChI=1S/C9H10Cl2N6.2ClH/c10-5-3-1-2-4(6(5)11)7(8(12)13)16-17-9(14)15;;/h1-3H,(H3,12,13)(H4,14,15,17);2*1H/b16-7-;;. The summed E-state index contributed by atoms with van der Waals surface area (Å²) in [6, 6.07) is 4.86. The van der Waals surface area contributed by atoms with E-state index in [1.165, 1.54) is 0 Å². The largest absolute Gasteiger partial charge is 0.382 e. The van der Waals surface area contributed by atoms with Crippen molar-refractivity contribution in [2.45, 2.75) is 0 Å². The van der Waals surface area contributed by atoms with Crippen LogP contribution >= 0.6 is 48.0 Å². The quantitative estimate of drug-likeness (QED) is 0.378. The molecule has 0 spiro atoms. The molecule has 106 valence electrons. The average Bonchev–Trinajstić information content (AvgIpc) is 2.23. The molecule has 0 saturated heterocycles. The summed E-state index contributed by atoms with van der Waals surface area (Å²) >= 11 is 11.8. The van der Waals surface area contributed by atoms with E-state index in [0.717, 1.165) is 0 Å². The molecule has 1 aromatic rings. The lowest BCUT2D eigenvalue weighted by molar-refractivity contribution is 1.20. The van der Waals surface area contributed by atoms with E-state index in [2.05, 4.69) is 10.2 Å². The monoisotopic (exact) mass is 344 g/mol. The molecule has 1 aromatic carbocycles. The Labute approximate surface area is 132 Å². The van der Waals surface area contributed by atoms with Gasteiger partial charge in [0.2, 0.25) is 5.96 Å². The summed E-state index contributed by atoms with van der Waals surface area (Å²) in [6.45, 7) is 0. The summed E-state index contributed by atoms with van der Waals surface area (Å²) in [5.41, 5.74) is 16.1. The Bertz CT molecular complexity index is 509. The van der Waals surface area contributed by atoms with Crippen LogP contribution in [0.4, 0.5) is 0 Å². The van der Waals surface area contributed by atoms with E-state index in [0.29, 0.717) is 10.6 Å². The molecular formula is C9H12Cl4N6. The van der Waals surface area contributed by atoms with E-state index in [4.69, 9.17) is 45.8 Å². The van der Waals surface area contributed by atoms with Crippen molar-refractivity contribution in [3.8, 4) is 0 Å². The molecule has 0 fully saturated rings. The smallest absolute Gasteiger partial charge is 0.211 e. The first-order valence-corrected chi connectivity index (χ1v) is 5.14. The summed E-state index contributed by atoms with van der Waals surface area (Å²) in [6.07, 6.45) is 0. The zero-order valence-corrected chi connectivity index (χ0v) is 12.6. The van der Waals surface area contributed by atoms with Crippen molar-refractivity contribution in [2.24, 2.45) is 27.4 Å². The lowest BCUT2D eigenvalue weighted by atomic mass is 10.1. The normalized spacial score (nSPS) is 9.89. The molecule has 0 aliphatic rings. The molecular weight excluding hydrogens is 334 g/mol. The number of benzene rings is 1. The first-order valence-electron chi connectivity index (χ1n) is 4.39. The van der Waals surface area contributed by atoms with Gasteiger partial charge in [-0.25, -0.2) is 0 Å². The number of hydrogen-bond donors (Lipinski definition) is 4. The van der Waals surface area contributed by atoms with Crippen molar-refractivity contribution in [2.75, 3.05) is 0 Å². The molecule has 1 rings (SSSR count). The Balaban J connectivity index is 0. The van der Waals surface area contributed by atoms with Gasteiger partial charge in [-0.15, -0.1) is 35.0 Å². The average molecular weight is 346 g/mol. The highest BCUT2D eigenvalue weighted by Gasteiger charge is 2.13. The number of hydrogen-bond acceptors (Lipinski definition) is 3. The Kier molecular flexibility index (Phi) is 9.33. The summed E-state index contributed by atoms with van der Waals surface area (Å²) < 4.78 is 0. The summed E-state index contributed by atoms with van der Waals surface area (Å²) in [5.74, 6) is -0.568. The molecule has 0 aromatic heterocycles. The number of rotatable bonds is 3. The highest BCUT2D eigenvalue weighted by molar-refractivity contribution is 6.51. The molecule has 0 unspecified atom stereocenters. The number of amidine groups is 1. The molecule has 0 amide bonds. The van der Waals surface area contributed by atoms with Gasteiger partial charge in [0.15, 0.2) is 0 Å². The molecule has 0 aliphatic heterocycles. The highest BCUT2D eigenvalue weighted by Crippen LogP contribution is 2.26. The summed E-state index contributed by atoms with van der Waals surface area (Å²) in [7, 11) is 0. The molecule has 0 atom stereocenters. The van der Waals surface area contributed by atoms with Gasteiger partial charge in [0, 0.05) is 5.56 Å². The Morgan fingerprint density at radius 3 is 2.11 bits per heavy atom. The van der Waals surface area contributed by atoms with Crippen molar-refractivity contribution in [3.63, 3.8) is 0 Å². The predicted octanol–water partition coefficient (Wildman–Crippen LogP) is 1.75. The zero-order valence-electron chi connectivity index (χ0n) is 9.43. The minimum absolute atomic E-state index is 0. The van der Waals surface area contributed by atoms with E-state index < -0.39 is 0 Å². The van der Waals surface area contributed by atoms with Gasteiger partial charge in [-0.1, -0.05) is 35.3 Å². The van der Waals surface area contributed by atoms with Gasteiger partial charge in [0.05, 0.1) is 10.0 Å². The minimum atomic E-state index is -0.320. The van der Waals surface area contributed by atoms with Crippen LogP contribution in [0.3, 0.4) is 0 Å². The minimum Gasteiger partial charge on any atom is -0.382 e. The number of nitrogens with two attached hydrogens (primary N) is 3. The topological polar surface area (TPSA) is 127 Å². The Morgan fingerprint density at radius 2 is 1.63 bits per heavy atom. The summed E-state index contributed by atoms with van der Waals surface area (Å²) in [4.78, 5) is 0. The van der Waals surface area contributed by atoms with Gasteiger partial charge in [-0.2, -0.15) is 0 Å². The molecule has 0 aliphatic carbocycles. The van der Waals surface area contributed by atoms with Crippen LogP contribution in [0.25, 0.3) is 0 Å². The molecule has 0 bridgehead atoms. The predicted molar refractivity (Wildman–Crippen MR) is 85.2 cm³/mol. The van der Waals surface area contributed by atoms with E-state index in [1.54, 1.807) is 18.2 Å². The van der Waals surface area contributed by atoms with Gasteiger partial charge >= 0.3 is 0 Å². The van der Waals surface area contributed by atoms with E-state index in [1.807, 2.05) is 0 Å². The summed E-state index contributed by atoms with van der Waals surface area (Å²) in [5, 5.41) is 15.0. The van der Waals surface area contributed by atoms with Crippen LogP contribution in [0.15, 0.2) is 28.4 Å². The third kappa shape index (κ3) is 5.52. The van der Waals surface area contributed by atoms with Crippen LogP contribution in [-0.2, 0) is 0 Å². The molecule has 0 saturated carbocycles. The van der Waals surface area contributed by atoms with Crippen LogP contribution < -0.4 is 17.2 Å². The number of nitrogens with zero attached hydrogens (tertiary/aromatic N) is 2. The Hall–Kier alpha value is -1.21. The van der Waals surface area contributed by atoms with Gasteiger partial charge in [-0.05, 0) is 6.07 Å². The fourth-order valence-corrected chi connectivity index (χ4v) is 1.44. The molecule has 19 heavy (non-hydrogen) atoms. The van der Waals surface area contributed by atoms with Crippen LogP contribution in [0.2, 0.25) is 10.0 Å². The number of nitrogens with one attached hydrogen (secondary N) is 1. The maximum Gasteiger partial charge on any atom is 0.211 e. The second-order valence-corrected chi connectivity index (χ2v) is 3.77. The van der Waals surface area contributed by atoms with E-state index >= 15 is 0 Å². The molecule has 6 nitrogen and oxygen atoms in total. The van der Waals surface area contributed by atoms with Crippen molar-refractivity contribution >= 4 is 65.5 Å². The fourth-order valence-electron chi connectivity index (χ4n) is 1.05. The fraction of sp³-hybridized carbons (Fsp3) is 0. The van der Waals surface area contributed by atoms with Crippen molar-refractivity contribution < 1.29 is 0 Å². The molecule has 7 N–H and O–H groups in total. The van der Waals surface area contributed by atoms with E-state index in [9.17, 15) is 0 Å². The third-order valence-electron chi connectivity index (χ3n) is 1.73. The zero-order chi connectivity index (χ0) is 13.0. The first-order chi connectivity index (χ1) is 7.93. The number of halogens is 4. The lowest BCUT2D eigenvalue weighted by Crippen LogP contribution is -2.25. The molecule has 0 radical (unpaired) electrons. The van der Waals surface area contributed by atoms with Gasteiger partial charge < -0.3 is 17.2 Å². The maximum absolute atomic E-state index is 7.39. The van der Waals surface area contributed by atoms with Crippen molar-refractivity contribution in [1.82, 2.24) is 0 Å². The van der Waals surface area contributed by atoms with Crippen LogP contribution in [0, 0.1) is 5.41 Å². The Morgan fingerprint density at radius 1 is 1.05 bits per heavy atom. The van der Waals surface area contributed by atoms with Gasteiger partial charge in [-0.3, -0.25) is 5.41 Å². The van der Waals surface area contributed by atoms with Crippen LogP contribution in [-0.4, -0.2) is 17.5 Å². The van der Waals surface area contributed by atoms with Crippen LogP contribution in [0.5, 0.6) is 0 Å². The molecule has 10 heteroatoms. The second-order valence-electron chi connectivity index (χ2n) is 2.99. The van der Waals surface area contributed by atoms with Crippen molar-refractivity contribution in [1.29, 1.82) is 5.41 Å². The number of guanidine groups is 1. The lowest BCUT2D eigenvalue weighted by Gasteiger charge is -2.06. The highest BCUT2D eigenvalue weighted by atomic mass is 35.5. The third-order valence-corrected chi connectivity index (χ3v) is 2.55. The first kappa shape index (κ1) is 20.1. The second kappa shape index (κ2) is 8.82. The van der Waals surface area contributed by atoms with Crippen LogP contribution in [0.1, 0.15) is 5.56 Å².